The lowest BCUT2D eigenvalue weighted by Gasteiger charge is -2.15. The van der Waals surface area contributed by atoms with Crippen LogP contribution in [-0.2, 0) is 6.18 Å². The van der Waals surface area contributed by atoms with Gasteiger partial charge in [0, 0.05) is 5.56 Å². The fourth-order valence-corrected chi connectivity index (χ4v) is 1.95. The summed E-state index contributed by atoms with van der Waals surface area (Å²) in [4.78, 5) is 12.0. The maximum absolute atomic E-state index is 12.8. The van der Waals surface area contributed by atoms with Gasteiger partial charge in [-0.15, -0.1) is 0 Å². The van der Waals surface area contributed by atoms with Crippen LogP contribution in [0, 0.1) is 5.82 Å². The zero-order chi connectivity index (χ0) is 16.3. The van der Waals surface area contributed by atoms with E-state index in [2.05, 4.69) is 5.32 Å². The Balaban J connectivity index is 2.13. The molecule has 0 fully saturated rings. The molecule has 2 aromatic rings. The molecule has 2 nitrogen and oxygen atoms in total. The number of hydrogen-bond acceptors (Lipinski definition) is 1. The normalized spacial score (nSPS) is 12.8. The summed E-state index contributed by atoms with van der Waals surface area (Å²) in [6.07, 6.45) is -4.50. The third kappa shape index (κ3) is 3.84. The van der Waals surface area contributed by atoms with Crippen molar-refractivity contribution in [3.63, 3.8) is 0 Å². The molecule has 0 aliphatic heterocycles. The first-order valence-electron chi connectivity index (χ1n) is 6.51. The van der Waals surface area contributed by atoms with Gasteiger partial charge in [0.1, 0.15) is 5.82 Å². The SMILES string of the molecule is C[C@@H](NC(=O)c1cccc(C(F)(F)F)c1)c1ccc(F)cc1. The summed E-state index contributed by atoms with van der Waals surface area (Å²) in [6, 6.07) is 9.25. The fraction of sp³-hybridized carbons (Fsp3) is 0.188. The standard InChI is InChI=1S/C16H13F4NO/c1-10(11-5-7-14(17)8-6-11)21-15(22)12-3-2-4-13(9-12)16(18,19)20/h2-10H,1H3,(H,21,22)/t10-/m1/s1. The molecule has 116 valence electrons. The van der Waals surface area contributed by atoms with Gasteiger partial charge in [0.15, 0.2) is 0 Å². The lowest BCUT2D eigenvalue weighted by atomic mass is 10.1. The van der Waals surface area contributed by atoms with Crippen molar-refractivity contribution in [3.05, 3.63) is 71.0 Å². The monoisotopic (exact) mass is 311 g/mol. The Morgan fingerprint density at radius 3 is 2.32 bits per heavy atom. The van der Waals surface area contributed by atoms with Gasteiger partial charge in [-0.2, -0.15) is 13.2 Å². The van der Waals surface area contributed by atoms with Crippen LogP contribution in [0.25, 0.3) is 0 Å². The molecule has 0 saturated carbocycles. The molecule has 1 atom stereocenters. The first kappa shape index (κ1) is 16.0. The summed E-state index contributed by atoms with van der Waals surface area (Å²) >= 11 is 0. The number of amides is 1. The van der Waals surface area contributed by atoms with Crippen LogP contribution in [-0.4, -0.2) is 5.91 Å². The van der Waals surface area contributed by atoms with Gasteiger partial charge < -0.3 is 5.32 Å². The van der Waals surface area contributed by atoms with Crippen molar-refractivity contribution in [2.45, 2.75) is 19.1 Å². The number of carbonyl (C=O) groups is 1. The maximum Gasteiger partial charge on any atom is 0.416 e. The summed E-state index contributed by atoms with van der Waals surface area (Å²) in [7, 11) is 0. The quantitative estimate of drug-likeness (QED) is 0.840. The number of alkyl halides is 3. The molecule has 1 amide bonds. The second kappa shape index (κ2) is 6.17. The van der Waals surface area contributed by atoms with Crippen LogP contribution in [0.15, 0.2) is 48.5 Å². The van der Waals surface area contributed by atoms with Gasteiger partial charge in [-0.25, -0.2) is 4.39 Å². The summed E-state index contributed by atoms with van der Waals surface area (Å²) in [5.74, 6) is -1.02. The number of halogens is 4. The highest BCUT2D eigenvalue weighted by Gasteiger charge is 2.30. The second-order valence-corrected chi connectivity index (χ2v) is 4.83. The molecule has 0 unspecified atom stereocenters. The van der Waals surface area contributed by atoms with Crippen molar-refractivity contribution in [2.75, 3.05) is 0 Å². The van der Waals surface area contributed by atoms with Crippen LogP contribution in [0.1, 0.15) is 34.5 Å². The molecule has 1 N–H and O–H groups in total. The Kier molecular flexibility index (Phi) is 4.49. The van der Waals surface area contributed by atoms with Crippen LogP contribution in [0.4, 0.5) is 17.6 Å². The van der Waals surface area contributed by atoms with E-state index in [1.54, 1.807) is 6.92 Å². The third-order valence-corrected chi connectivity index (χ3v) is 3.17. The average molecular weight is 311 g/mol. The van der Waals surface area contributed by atoms with Crippen molar-refractivity contribution in [1.82, 2.24) is 5.32 Å². The highest BCUT2D eigenvalue weighted by atomic mass is 19.4. The van der Waals surface area contributed by atoms with E-state index in [1.165, 1.54) is 36.4 Å². The Morgan fingerprint density at radius 1 is 1.09 bits per heavy atom. The van der Waals surface area contributed by atoms with Crippen LogP contribution < -0.4 is 5.32 Å². The van der Waals surface area contributed by atoms with Gasteiger partial charge >= 0.3 is 6.18 Å². The first-order chi connectivity index (χ1) is 10.3. The van der Waals surface area contributed by atoms with Crippen LogP contribution in [0.2, 0.25) is 0 Å². The van der Waals surface area contributed by atoms with Crippen molar-refractivity contribution in [3.8, 4) is 0 Å². The molecular formula is C16H13F4NO. The fourth-order valence-electron chi connectivity index (χ4n) is 1.95. The van der Waals surface area contributed by atoms with Crippen LogP contribution >= 0.6 is 0 Å². The van der Waals surface area contributed by atoms with Gasteiger partial charge in [-0.3, -0.25) is 4.79 Å². The molecule has 6 heteroatoms. The summed E-state index contributed by atoms with van der Waals surface area (Å²) in [6.45, 7) is 1.67. The Morgan fingerprint density at radius 2 is 1.73 bits per heavy atom. The zero-order valence-electron chi connectivity index (χ0n) is 11.6. The van der Waals surface area contributed by atoms with Crippen LogP contribution in [0.3, 0.4) is 0 Å². The highest BCUT2D eigenvalue weighted by molar-refractivity contribution is 5.94. The number of hydrogen-bond donors (Lipinski definition) is 1. The summed E-state index contributed by atoms with van der Waals surface area (Å²) in [5.41, 5.74) is -0.305. The lowest BCUT2D eigenvalue weighted by molar-refractivity contribution is -0.137. The zero-order valence-corrected chi connectivity index (χ0v) is 11.6. The molecule has 0 heterocycles. The first-order valence-corrected chi connectivity index (χ1v) is 6.51. The molecule has 0 radical (unpaired) electrons. The lowest BCUT2D eigenvalue weighted by Crippen LogP contribution is -2.27. The minimum absolute atomic E-state index is 0.0798. The molecule has 0 aromatic heterocycles. The second-order valence-electron chi connectivity index (χ2n) is 4.83. The van der Waals surface area contributed by atoms with Gasteiger partial charge in [0.2, 0.25) is 0 Å². The smallest absolute Gasteiger partial charge is 0.346 e. The van der Waals surface area contributed by atoms with E-state index < -0.39 is 29.5 Å². The van der Waals surface area contributed by atoms with E-state index in [0.29, 0.717) is 5.56 Å². The third-order valence-electron chi connectivity index (χ3n) is 3.17. The Hall–Kier alpha value is -2.37. The molecule has 0 spiro atoms. The van der Waals surface area contributed by atoms with E-state index in [-0.39, 0.29) is 5.56 Å². The van der Waals surface area contributed by atoms with Crippen molar-refractivity contribution >= 4 is 5.91 Å². The van der Waals surface area contributed by atoms with Gasteiger partial charge in [0.05, 0.1) is 11.6 Å². The van der Waals surface area contributed by atoms with Crippen molar-refractivity contribution in [1.29, 1.82) is 0 Å². The molecule has 2 aromatic carbocycles. The molecule has 0 bridgehead atoms. The largest absolute Gasteiger partial charge is 0.416 e. The molecule has 22 heavy (non-hydrogen) atoms. The van der Waals surface area contributed by atoms with E-state index >= 15 is 0 Å². The molecule has 2 rings (SSSR count). The molecule has 0 aliphatic rings. The topological polar surface area (TPSA) is 29.1 Å². The van der Waals surface area contributed by atoms with Crippen molar-refractivity contribution in [2.24, 2.45) is 0 Å². The van der Waals surface area contributed by atoms with Gasteiger partial charge in [-0.05, 0) is 42.8 Å². The van der Waals surface area contributed by atoms with E-state index in [0.717, 1.165) is 12.1 Å². The average Bonchev–Trinajstić information content (AvgIpc) is 2.47. The summed E-state index contributed by atoms with van der Waals surface area (Å²) < 4.78 is 50.7. The highest BCUT2D eigenvalue weighted by Crippen LogP contribution is 2.29. The molecular weight excluding hydrogens is 298 g/mol. The maximum atomic E-state index is 12.8. The number of benzene rings is 2. The van der Waals surface area contributed by atoms with Gasteiger partial charge in [0.25, 0.3) is 5.91 Å². The predicted octanol–water partition coefficient (Wildman–Crippen LogP) is 4.34. The predicted molar refractivity (Wildman–Crippen MR) is 73.7 cm³/mol. The van der Waals surface area contributed by atoms with Crippen molar-refractivity contribution < 1.29 is 22.4 Å². The molecule has 0 aliphatic carbocycles. The minimum atomic E-state index is -4.50. The van der Waals surface area contributed by atoms with E-state index in [9.17, 15) is 22.4 Å². The Bertz CT molecular complexity index is 665. The number of rotatable bonds is 3. The molecule has 0 saturated heterocycles. The number of nitrogens with one attached hydrogen (secondary N) is 1. The van der Waals surface area contributed by atoms with E-state index in [4.69, 9.17) is 0 Å². The van der Waals surface area contributed by atoms with Gasteiger partial charge in [-0.1, -0.05) is 18.2 Å². The minimum Gasteiger partial charge on any atom is -0.346 e. The summed E-state index contributed by atoms with van der Waals surface area (Å²) in [5, 5.41) is 2.58. The van der Waals surface area contributed by atoms with Crippen LogP contribution in [0.5, 0.6) is 0 Å². The van der Waals surface area contributed by atoms with E-state index in [1.807, 2.05) is 0 Å². The Labute approximate surface area is 124 Å². The number of carbonyl (C=O) groups excluding carboxylic acids is 1.